The normalized spacial score (nSPS) is 17.1. The second kappa shape index (κ2) is 10.1. The number of pyridine rings is 1. The van der Waals surface area contributed by atoms with Crippen molar-refractivity contribution in [1.29, 1.82) is 0 Å². The Hall–Kier alpha value is -4.17. The Bertz CT molecular complexity index is 1430. The van der Waals surface area contributed by atoms with Crippen LogP contribution in [-0.4, -0.2) is 32.3 Å². The lowest BCUT2D eigenvalue weighted by molar-refractivity contribution is 0.0697. The molecule has 1 aliphatic rings. The Morgan fingerprint density at radius 1 is 1.05 bits per heavy atom. The number of nitrogens with one attached hydrogen (secondary N) is 1. The Morgan fingerprint density at radius 2 is 1.76 bits per heavy atom. The van der Waals surface area contributed by atoms with Crippen LogP contribution in [0.3, 0.4) is 0 Å². The van der Waals surface area contributed by atoms with Crippen molar-refractivity contribution in [2.75, 3.05) is 11.5 Å². The van der Waals surface area contributed by atoms with Crippen molar-refractivity contribution < 1.29 is 14.6 Å². The predicted octanol–water partition coefficient (Wildman–Crippen LogP) is 5.76. The average Bonchev–Trinajstić information content (AvgIpc) is 3.40. The maximum Gasteiger partial charge on any atom is 0.335 e. The van der Waals surface area contributed by atoms with Gasteiger partial charge in [-0.2, -0.15) is 0 Å². The van der Waals surface area contributed by atoms with Gasteiger partial charge in [0.1, 0.15) is 5.75 Å². The van der Waals surface area contributed by atoms with Crippen LogP contribution in [0, 0.1) is 13.8 Å². The van der Waals surface area contributed by atoms with Crippen LogP contribution in [0.2, 0.25) is 0 Å². The topological polar surface area (TPSA) is 79.6 Å². The van der Waals surface area contributed by atoms with Crippen LogP contribution in [0.1, 0.15) is 52.0 Å². The number of benzene rings is 2. The molecule has 2 aromatic heterocycles. The van der Waals surface area contributed by atoms with Gasteiger partial charge in [0.05, 0.1) is 29.9 Å². The number of hydrogen-bond acceptors (Lipinski definition) is 4. The highest BCUT2D eigenvalue weighted by atomic mass is 32.1. The number of carboxylic acid groups (broad SMARTS) is 1. The van der Waals surface area contributed by atoms with Crippen molar-refractivity contribution in [2.45, 2.75) is 32.9 Å². The second-order valence-corrected chi connectivity index (χ2v) is 9.32. The summed E-state index contributed by atoms with van der Waals surface area (Å²) in [7, 11) is 0. The van der Waals surface area contributed by atoms with E-state index in [2.05, 4.69) is 39.7 Å². The molecular weight excluding hydrogens is 484 g/mol. The van der Waals surface area contributed by atoms with Crippen LogP contribution in [-0.2, 0) is 0 Å². The molecular formula is C29H28N4O3S. The number of rotatable bonds is 7. The summed E-state index contributed by atoms with van der Waals surface area (Å²) in [5.74, 6) is -0.131. The van der Waals surface area contributed by atoms with E-state index in [1.54, 1.807) is 18.3 Å². The zero-order valence-electron chi connectivity index (χ0n) is 20.9. The summed E-state index contributed by atoms with van der Waals surface area (Å²) in [5, 5.41) is 13.4. The van der Waals surface area contributed by atoms with Crippen LogP contribution in [0.25, 0.3) is 5.69 Å². The third-order valence-corrected chi connectivity index (χ3v) is 7.00. The zero-order valence-corrected chi connectivity index (χ0v) is 21.7. The van der Waals surface area contributed by atoms with E-state index in [9.17, 15) is 9.90 Å². The first-order valence-corrected chi connectivity index (χ1v) is 12.6. The molecule has 0 radical (unpaired) electrons. The van der Waals surface area contributed by atoms with Gasteiger partial charge in [-0.05, 0) is 105 Å². The summed E-state index contributed by atoms with van der Waals surface area (Å²) in [6, 6.07) is 22.7. The molecule has 5 rings (SSSR count). The largest absolute Gasteiger partial charge is 0.494 e. The van der Waals surface area contributed by atoms with Gasteiger partial charge in [-0.1, -0.05) is 6.07 Å². The molecule has 2 atom stereocenters. The molecule has 0 aliphatic carbocycles. The molecule has 0 spiro atoms. The Balaban J connectivity index is 1.62. The Labute approximate surface area is 221 Å². The van der Waals surface area contributed by atoms with Crippen LogP contribution >= 0.6 is 12.2 Å². The quantitative estimate of drug-likeness (QED) is 0.305. The molecule has 1 fully saturated rings. The van der Waals surface area contributed by atoms with Gasteiger partial charge in [-0.3, -0.25) is 4.98 Å². The van der Waals surface area contributed by atoms with E-state index in [4.69, 9.17) is 17.0 Å². The number of nitrogens with zero attached hydrogens (tertiary/aromatic N) is 3. The maximum absolute atomic E-state index is 11.3. The fourth-order valence-electron chi connectivity index (χ4n) is 5.06. The number of anilines is 1. The van der Waals surface area contributed by atoms with Gasteiger partial charge >= 0.3 is 5.97 Å². The van der Waals surface area contributed by atoms with E-state index in [1.165, 1.54) is 0 Å². The molecule has 0 amide bonds. The summed E-state index contributed by atoms with van der Waals surface area (Å²) in [5.41, 5.74) is 6.22. The highest BCUT2D eigenvalue weighted by Gasteiger charge is 2.42. The van der Waals surface area contributed by atoms with Gasteiger partial charge in [0.15, 0.2) is 5.11 Å². The van der Waals surface area contributed by atoms with Crippen molar-refractivity contribution in [3.63, 3.8) is 0 Å². The predicted molar refractivity (Wildman–Crippen MR) is 148 cm³/mol. The van der Waals surface area contributed by atoms with Gasteiger partial charge in [-0.15, -0.1) is 0 Å². The molecule has 7 nitrogen and oxygen atoms in total. The zero-order chi connectivity index (χ0) is 26.1. The smallest absolute Gasteiger partial charge is 0.335 e. The third-order valence-electron chi connectivity index (χ3n) is 6.69. The van der Waals surface area contributed by atoms with Crippen LogP contribution in [0.4, 0.5) is 5.69 Å². The number of hydrogen-bond donors (Lipinski definition) is 2. The fourth-order valence-corrected chi connectivity index (χ4v) is 5.40. The first-order valence-electron chi connectivity index (χ1n) is 12.1. The van der Waals surface area contributed by atoms with E-state index in [0.29, 0.717) is 11.7 Å². The van der Waals surface area contributed by atoms with Crippen molar-refractivity contribution in [1.82, 2.24) is 14.9 Å². The minimum Gasteiger partial charge on any atom is -0.494 e. The lowest BCUT2D eigenvalue weighted by Crippen LogP contribution is -2.29. The lowest BCUT2D eigenvalue weighted by atomic mass is 9.96. The third kappa shape index (κ3) is 4.56. The Kier molecular flexibility index (Phi) is 6.67. The summed E-state index contributed by atoms with van der Waals surface area (Å²) in [4.78, 5) is 18.1. The second-order valence-electron chi connectivity index (χ2n) is 8.94. The van der Waals surface area contributed by atoms with E-state index in [1.807, 2.05) is 61.5 Å². The van der Waals surface area contributed by atoms with E-state index < -0.39 is 5.97 Å². The molecule has 0 saturated carbocycles. The number of carbonyl (C=O) groups is 1. The highest BCUT2D eigenvalue weighted by molar-refractivity contribution is 7.80. The van der Waals surface area contributed by atoms with Gasteiger partial charge in [-0.25, -0.2) is 4.79 Å². The number of aromatic nitrogens is 2. The van der Waals surface area contributed by atoms with E-state index in [0.717, 1.165) is 39.8 Å². The van der Waals surface area contributed by atoms with Gasteiger partial charge in [0.2, 0.25) is 0 Å². The summed E-state index contributed by atoms with van der Waals surface area (Å²) in [6.07, 6.45) is 1.80. The number of carboxylic acids is 1. The summed E-state index contributed by atoms with van der Waals surface area (Å²) in [6.45, 7) is 6.71. The SMILES string of the molecule is CCOc1ccc(N2C(=S)NC(c3ccccn3)C2c2cc(C)n(-c3ccc(C(=O)O)cc3)c2C)cc1. The molecule has 3 heterocycles. The monoisotopic (exact) mass is 512 g/mol. The van der Waals surface area contributed by atoms with Crippen LogP contribution < -0.4 is 15.0 Å². The van der Waals surface area contributed by atoms with Gasteiger partial charge in [0.25, 0.3) is 0 Å². The van der Waals surface area contributed by atoms with E-state index in [-0.39, 0.29) is 17.6 Å². The Morgan fingerprint density at radius 3 is 2.38 bits per heavy atom. The van der Waals surface area contributed by atoms with Crippen molar-refractivity contribution in [3.8, 4) is 11.4 Å². The lowest BCUT2D eigenvalue weighted by Gasteiger charge is -2.28. The standard InChI is InChI=1S/C29H28N4O3S/c1-4-36-23-14-12-22(13-15-23)33-27(26(31-29(33)37)25-7-5-6-16-30-25)24-17-18(2)32(19(24)3)21-10-8-20(9-11-21)28(34)35/h5-17,26-27H,4H2,1-3H3,(H,31,37)(H,34,35). The average molecular weight is 513 g/mol. The fraction of sp³-hybridized carbons (Fsp3) is 0.207. The molecule has 2 aromatic carbocycles. The molecule has 1 aliphatic heterocycles. The minimum absolute atomic E-state index is 0.154. The molecule has 2 unspecified atom stereocenters. The minimum atomic E-state index is -0.942. The van der Waals surface area contributed by atoms with Crippen LogP contribution in [0.5, 0.6) is 5.75 Å². The first kappa shape index (κ1) is 24.5. The van der Waals surface area contributed by atoms with Gasteiger partial charge < -0.3 is 24.6 Å². The molecule has 1 saturated heterocycles. The number of ether oxygens (including phenoxy) is 1. The van der Waals surface area contributed by atoms with Gasteiger partial charge in [0, 0.05) is 29.0 Å². The molecule has 188 valence electrons. The molecule has 37 heavy (non-hydrogen) atoms. The number of aromatic carboxylic acids is 1. The summed E-state index contributed by atoms with van der Waals surface area (Å²) >= 11 is 5.87. The number of aryl methyl sites for hydroxylation is 1. The molecule has 0 bridgehead atoms. The van der Waals surface area contributed by atoms with Crippen molar-refractivity contribution >= 4 is 29.0 Å². The molecule has 8 heteroatoms. The van der Waals surface area contributed by atoms with Crippen molar-refractivity contribution in [2.24, 2.45) is 0 Å². The maximum atomic E-state index is 11.3. The highest BCUT2D eigenvalue weighted by Crippen LogP contribution is 2.44. The molecule has 2 N–H and O–H groups in total. The van der Waals surface area contributed by atoms with Crippen LogP contribution in [0.15, 0.2) is 79.0 Å². The molecule has 4 aromatic rings. The van der Waals surface area contributed by atoms with E-state index >= 15 is 0 Å². The van der Waals surface area contributed by atoms with Crippen molar-refractivity contribution in [3.05, 3.63) is 107 Å². The number of thiocarbonyl (C=S) groups is 1. The first-order chi connectivity index (χ1) is 17.9. The summed E-state index contributed by atoms with van der Waals surface area (Å²) < 4.78 is 7.79.